The molecule has 0 aromatic heterocycles. The molecule has 0 aliphatic carbocycles. The third-order valence-corrected chi connectivity index (χ3v) is 2.07. The third-order valence-electron chi connectivity index (χ3n) is 2.07. The van der Waals surface area contributed by atoms with Crippen LogP contribution in [0.4, 0.5) is 0 Å². The summed E-state index contributed by atoms with van der Waals surface area (Å²) in [6.45, 7) is 0. The van der Waals surface area contributed by atoms with Crippen LogP contribution in [0.1, 0.15) is 10.4 Å². The van der Waals surface area contributed by atoms with Crippen LogP contribution >= 0.6 is 0 Å². The Bertz CT molecular complexity index is 466. The normalized spacial score (nSPS) is 9.43. The van der Waals surface area contributed by atoms with E-state index >= 15 is 0 Å². The Hall–Kier alpha value is -1.31. The van der Waals surface area contributed by atoms with Gasteiger partial charge in [0.2, 0.25) is 0 Å². The SMILES string of the molecule is O=Cc1c(O)ccc2ccccc12.[Mn]. The number of phenols is 1. The van der Waals surface area contributed by atoms with E-state index in [1.165, 1.54) is 6.07 Å². The number of hydrogen-bond donors (Lipinski definition) is 1. The van der Waals surface area contributed by atoms with Crippen molar-refractivity contribution in [2.24, 2.45) is 0 Å². The van der Waals surface area contributed by atoms with E-state index in [0.717, 1.165) is 10.8 Å². The molecule has 0 fully saturated rings. The smallest absolute Gasteiger partial charge is 0.154 e. The van der Waals surface area contributed by atoms with Crippen molar-refractivity contribution >= 4 is 17.1 Å². The fraction of sp³-hybridized carbons (Fsp3) is 0. The molecule has 0 unspecified atom stereocenters. The molecular weight excluding hydrogens is 219 g/mol. The van der Waals surface area contributed by atoms with Gasteiger partial charge in [-0.05, 0) is 16.8 Å². The molecule has 1 radical (unpaired) electrons. The summed E-state index contributed by atoms with van der Waals surface area (Å²) >= 11 is 0. The van der Waals surface area contributed by atoms with Crippen molar-refractivity contribution in [3.63, 3.8) is 0 Å². The van der Waals surface area contributed by atoms with Crippen molar-refractivity contribution in [3.8, 4) is 5.75 Å². The Morgan fingerprint density at radius 1 is 1.07 bits per heavy atom. The van der Waals surface area contributed by atoms with Gasteiger partial charge < -0.3 is 5.11 Å². The second kappa shape index (κ2) is 4.27. The molecule has 3 heteroatoms. The molecular formula is C11H8MnO2. The van der Waals surface area contributed by atoms with Gasteiger partial charge in [-0.25, -0.2) is 0 Å². The molecule has 71 valence electrons. The van der Waals surface area contributed by atoms with Gasteiger partial charge in [0.25, 0.3) is 0 Å². The molecule has 0 heterocycles. The minimum atomic E-state index is 0. The fourth-order valence-corrected chi connectivity index (χ4v) is 1.41. The first-order chi connectivity index (χ1) is 6.33. The molecule has 0 aliphatic heterocycles. The maximum absolute atomic E-state index is 10.7. The molecule has 0 saturated carbocycles. The average molecular weight is 227 g/mol. The van der Waals surface area contributed by atoms with Crippen LogP contribution in [0.5, 0.6) is 5.75 Å². The minimum absolute atomic E-state index is 0. The summed E-state index contributed by atoms with van der Waals surface area (Å²) in [5, 5.41) is 11.1. The summed E-state index contributed by atoms with van der Waals surface area (Å²) < 4.78 is 0. The minimum Gasteiger partial charge on any atom is -0.507 e. The maximum atomic E-state index is 10.7. The van der Waals surface area contributed by atoms with Crippen molar-refractivity contribution in [2.45, 2.75) is 0 Å². The van der Waals surface area contributed by atoms with Gasteiger partial charge >= 0.3 is 0 Å². The van der Waals surface area contributed by atoms with E-state index in [1.54, 1.807) is 6.07 Å². The Morgan fingerprint density at radius 2 is 1.79 bits per heavy atom. The van der Waals surface area contributed by atoms with E-state index in [4.69, 9.17) is 0 Å². The zero-order valence-electron chi connectivity index (χ0n) is 7.27. The van der Waals surface area contributed by atoms with Gasteiger partial charge in [-0.2, -0.15) is 0 Å². The summed E-state index contributed by atoms with van der Waals surface area (Å²) in [4.78, 5) is 10.7. The summed E-state index contributed by atoms with van der Waals surface area (Å²) in [5.74, 6) is 0.0358. The molecule has 0 aliphatic rings. The van der Waals surface area contributed by atoms with Gasteiger partial charge in [-0.3, -0.25) is 4.79 Å². The van der Waals surface area contributed by atoms with E-state index in [0.29, 0.717) is 11.8 Å². The van der Waals surface area contributed by atoms with E-state index in [9.17, 15) is 9.90 Å². The Balaban J connectivity index is 0.000000980. The van der Waals surface area contributed by atoms with Crippen LogP contribution in [0.15, 0.2) is 36.4 Å². The maximum Gasteiger partial charge on any atom is 0.154 e. The molecule has 1 N–H and O–H groups in total. The molecule has 0 bridgehead atoms. The predicted molar refractivity (Wildman–Crippen MR) is 51.0 cm³/mol. The van der Waals surface area contributed by atoms with Crippen molar-refractivity contribution in [2.75, 3.05) is 0 Å². The molecule has 2 nitrogen and oxygen atoms in total. The van der Waals surface area contributed by atoms with Crippen LogP contribution in [0.25, 0.3) is 10.8 Å². The Labute approximate surface area is 92.0 Å². The molecule has 14 heavy (non-hydrogen) atoms. The average Bonchev–Trinajstić information content (AvgIpc) is 2.18. The van der Waals surface area contributed by atoms with E-state index in [-0.39, 0.29) is 22.8 Å². The van der Waals surface area contributed by atoms with Crippen LogP contribution in [0.3, 0.4) is 0 Å². The first-order valence-electron chi connectivity index (χ1n) is 3.99. The topological polar surface area (TPSA) is 37.3 Å². The zero-order valence-corrected chi connectivity index (χ0v) is 8.46. The van der Waals surface area contributed by atoms with Gasteiger partial charge in [0.1, 0.15) is 5.75 Å². The second-order valence-electron chi connectivity index (χ2n) is 2.84. The first kappa shape index (κ1) is 10.8. The number of carbonyl (C=O) groups excluding carboxylic acids is 1. The van der Waals surface area contributed by atoms with Gasteiger partial charge in [0.15, 0.2) is 6.29 Å². The quantitative estimate of drug-likeness (QED) is 0.599. The summed E-state index contributed by atoms with van der Waals surface area (Å²) in [6.07, 6.45) is 0.678. The van der Waals surface area contributed by atoms with Crippen LogP contribution < -0.4 is 0 Å². The van der Waals surface area contributed by atoms with Crippen molar-refractivity contribution in [1.82, 2.24) is 0 Å². The summed E-state index contributed by atoms with van der Waals surface area (Å²) in [7, 11) is 0. The second-order valence-corrected chi connectivity index (χ2v) is 2.84. The number of phenolic OH excluding ortho intramolecular Hbond substituents is 1. The third kappa shape index (κ3) is 1.65. The van der Waals surface area contributed by atoms with Crippen molar-refractivity contribution in [1.29, 1.82) is 0 Å². The Kier molecular flexibility index (Phi) is 3.28. The molecule has 0 spiro atoms. The standard InChI is InChI=1S/C11H8O2.Mn/c12-7-10-9-4-2-1-3-8(9)5-6-11(10)13;/h1-7,13H;. The van der Waals surface area contributed by atoms with E-state index < -0.39 is 0 Å². The number of benzene rings is 2. The monoisotopic (exact) mass is 227 g/mol. The molecule has 0 amide bonds. The number of rotatable bonds is 1. The first-order valence-corrected chi connectivity index (χ1v) is 3.99. The number of hydrogen-bond acceptors (Lipinski definition) is 2. The molecule has 0 saturated heterocycles. The number of aromatic hydroxyl groups is 1. The summed E-state index contributed by atoms with van der Waals surface area (Å²) in [5.41, 5.74) is 0.359. The molecule has 2 aromatic rings. The fourth-order valence-electron chi connectivity index (χ4n) is 1.41. The van der Waals surface area contributed by atoms with Crippen LogP contribution in [0, 0.1) is 0 Å². The largest absolute Gasteiger partial charge is 0.507 e. The van der Waals surface area contributed by atoms with Crippen LogP contribution in [0.2, 0.25) is 0 Å². The number of carbonyl (C=O) groups is 1. The molecule has 0 atom stereocenters. The van der Waals surface area contributed by atoms with E-state index in [2.05, 4.69) is 0 Å². The molecule has 2 rings (SSSR count). The van der Waals surface area contributed by atoms with Gasteiger partial charge in [-0.15, -0.1) is 0 Å². The van der Waals surface area contributed by atoms with Crippen molar-refractivity contribution < 1.29 is 27.0 Å². The van der Waals surface area contributed by atoms with Gasteiger partial charge in [-0.1, -0.05) is 30.3 Å². The number of aldehydes is 1. The van der Waals surface area contributed by atoms with Crippen LogP contribution in [-0.2, 0) is 17.1 Å². The number of fused-ring (bicyclic) bond motifs is 1. The summed E-state index contributed by atoms with van der Waals surface area (Å²) in [6, 6.07) is 10.8. The van der Waals surface area contributed by atoms with Crippen LogP contribution in [-0.4, -0.2) is 11.4 Å². The van der Waals surface area contributed by atoms with E-state index in [1.807, 2.05) is 24.3 Å². The van der Waals surface area contributed by atoms with Gasteiger partial charge in [0, 0.05) is 17.1 Å². The zero-order chi connectivity index (χ0) is 9.26. The molecule has 2 aromatic carbocycles. The van der Waals surface area contributed by atoms with Gasteiger partial charge in [0.05, 0.1) is 5.56 Å². The Morgan fingerprint density at radius 3 is 2.50 bits per heavy atom. The van der Waals surface area contributed by atoms with Crippen molar-refractivity contribution in [3.05, 3.63) is 42.0 Å². The predicted octanol–water partition coefficient (Wildman–Crippen LogP) is 2.36.